The molecule has 0 spiro atoms. The highest BCUT2D eigenvalue weighted by Gasteiger charge is 2.33. The first-order valence-electron chi connectivity index (χ1n) is 6.37. The molecule has 1 aliphatic heterocycles. The normalized spacial score (nSPS) is 15.3. The molecular weight excluding hydrogens is 244 g/mol. The number of carbonyl (C=O) groups excluding carboxylic acids is 2. The molecule has 6 heteroatoms. The molecule has 0 bridgehead atoms. The van der Waals surface area contributed by atoms with E-state index in [1.165, 1.54) is 9.80 Å². The van der Waals surface area contributed by atoms with E-state index in [4.69, 9.17) is 0 Å². The van der Waals surface area contributed by atoms with Gasteiger partial charge in [-0.1, -0.05) is 13.0 Å². The topological polar surface area (TPSA) is 65.5 Å². The van der Waals surface area contributed by atoms with Gasteiger partial charge in [0.2, 0.25) is 0 Å². The lowest BCUT2D eigenvalue weighted by Gasteiger charge is -2.14. The third kappa shape index (κ3) is 3.01. The number of hydrogen-bond donors (Lipinski definition) is 1. The molecule has 1 saturated heterocycles. The zero-order chi connectivity index (χ0) is 13.8. The van der Waals surface area contributed by atoms with Crippen LogP contribution in [0.3, 0.4) is 0 Å². The second-order valence-electron chi connectivity index (χ2n) is 4.56. The highest BCUT2D eigenvalue weighted by atomic mass is 16.2. The maximum absolute atomic E-state index is 11.8. The monoisotopic (exact) mass is 262 g/mol. The summed E-state index contributed by atoms with van der Waals surface area (Å²) < 4.78 is 0. The fourth-order valence-corrected chi connectivity index (χ4v) is 1.91. The Morgan fingerprint density at radius 3 is 2.79 bits per heavy atom. The van der Waals surface area contributed by atoms with E-state index >= 15 is 0 Å². The van der Waals surface area contributed by atoms with Gasteiger partial charge < -0.3 is 10.2 Å². The number of imide groups is 1. The van der Waals surface area contributed by atoms with Crippen LogP contribution in [-0.4, -0.2) is 46.9 Å². The molecule has 0 unspecified atom stereocenters. The molecule has 1 N–H and O–H groups in total. The molecular formula is C13H18N4O2. The molecule has 0 saturated carbocycles. The number of anilines is 1. The molecule has 1 aromatic rings. The summed E-state index contributed by atoms with van der Waals surface area (Å²) in [5, 5.41) is 3.18. The van der Waals surface area contributed by atoms with Gasteiger partial charge in [-0.05, 0) is 18.6 Å². The van der Waals surface area contributed by atoms with Crippen LogP contribution in [0.2, 0.25) is 0 Å². The van der Waals surface area contributed by atoms with Crippen LogP contribution in [0.15, 0.2) is 18.2 Å². The average Bonchev–Trinajstić information content (AvgIpc) is 2.64. The zero-order valence-corrected chi connectivity index (χ0v) is 11.2. The van der Waals surface area contributed by atoms with Crippen LogP contribution < -0.4 is 5.32 Å². The minimum Gasteiger partial charge on any atom is -0.370 e. The first kappa shape index (κ1) is 13.3. The summed E-state index contributed by atoms with van der Waals surface area (Å²) in [6.07, 6.45) is 1.01. The van der Waals surface area contributed by atoms with Crippen molar-refractivity contribution in [1.82, 2.24) is 14.8 Å². The number of nitrogens with zero attached hydrogens (tertiary/aromatic N) is 3. The van der Waals surface area contributed by atoms with E-state index in [1.54, 1.807) is 7.05 Å². The van der Waals surface area contributed by atoms with E-state index < -0.39 is 0 Å². The van der Waals surface area contributed by atoms with Crippen molar-refractivity contribution < 1.29 is 9.59 Å². The molecule has 2 heterocycles. The Morgan fingerprint density at radius 1 is 1.37 bits per heavy atom. The van der Waals surface area contributed by atoms with Gasteiger partial charge in [-0.2, -0.15) is 0 Å². The van der Waals surface area contributed by atoms with Crippen LogP contribution >= 0.6 is 0 Å². The second kappa shape index (κ2) is 5.69. The standard InChI is InChI=1S/C13H18N4O2/c1-3-7-14-11-6-4-5-10(15-11)8-17-12(18)9-16(2)13(17)19/h4-6H,3,7-9H2,1-2H3,(H,14,15). The highest BCUT2D eigenvalue weighted by molar-refractivity contribution is 6.01. The summed E-state index contributed by atoms with van der Waals surface area (Å²) >= 11 is 0. The summed E-state index contributed by atoms with van der Waals surface area (Å²) in [5.41, 5.74) is 0.707. The van der Waals surface area contributed by atoms with Crippen molar-refractivity contribution >= 4 is 17.8 Å². The number of aromatic nitrogens is 1. The van der Waals surface area contributed by atoms with E-state index in [-0.39, 0.29) is 25.0 Å². The maximum Gasteiger partial charge on any atom is 0.327 e. The van der Waals surface area contributed by atoms with Gasteiger partial charge >= 0.3 is 6.03 Å². The van der Waals surface area contributed by atoms with Gasteiger partial charge in [0.25, 0.3) is 5.91 Å². The molecule has 0 radical (unpaired) electrons. The molecule has 2 rings (SSSR count). The van der Waals surface area contributed by atoms with E-state index in [9.17, 15) is 9.59 Å². The lowest BCUT2D eigenvalue weighted by Crippen LogP contribution is -2.31. The predicted octanol–water partition coefficient (Wildman–Crippen LogP) is 1.30. The average molecular weight is 262 g/mol. The number of rotatable bonds is 5. The first-order valence-corrected chi connectivity index (χ1v) is 6.37. The SMILES string of the molecule is CCCNc1cccc(CN2C(=O)CN(C)C2=O)n1. The van der Waals surface area contributed by atoms with Crippen LogP contribution in [0, 0.1) is 0 Å². The molecule has 0 aliphatic carbocycles. The van der Waals surface area contributed by atoms with Crippen molar-refractivity contribution in [2.75, 3.05) is 25.5 Å². The number of pyridine rings is 1. The molecule has 19 heavy (non-hydrogen) atoms. The Balaban J connectivity index is 2.06. The maximum atomic E-state index is 11.8. The Hall–Kier alpha value is -2.11. The zero-order valence-electron chi connectivity index (χ0n) is 11.2. The second-order valence-corrected chi connectivity index (χ2v) is 4.56. The quantitative estimate of drug-likeness (QED) is 0.812. The van der Waals surface area contributed by atoms with Crippen molar-refractivity contribution in [3.8, 4) is 0 Å². The Bertz CT molecular complexity index is 489. The van der Waals surface area contributed by atoms with Crippen molar-refractivity contribution in [3.05, 3.63) is 23.9 Å². The molecule has 0 aromatic carbocycles. The molecule has 1 aromatic heterocycles. The van der Waals surface area contributed by atoms with Gasteiger partial charge in [0.05, 0.1) is 12.2 Å². The van der Waals surface area contributed by atoms with Gasteiger partial charge in [-0.15, -0.1) is 0 Å². The number of amides is 3. The van der Waals surface area contributed by atoms with Crippen LogP contribution in [0.1, 0.15) is 19.0 Å². The lowest BCUT2D eigenvalue weighted by molar-refractivity contribution is -0.125. The van der Waals surface area contributed by atoms with Crippen molar-refractivity contribution in [3.63, 3.8) is 0 Å². The molecule has 1 fully saturated rings. The fourth-order valence-electron chi connectivity index (χ4n) is 1.91. The van der Waals surface area contributed by atoms with E-state index in [0.29, 0.717) is 5.69 Å². The molecule has 3 amide bonds. The Kier molecular flexibility index (Phi) is 3.99. The van der Waals surface area contributed by atoms with Gasteiger partial charge in [0.15, 0.2) is 0 Å². The number of likely N-dealkylation sites (N-methyl/N-ethyl adjacent to an activating group) is 1. The van der Waals surface area contributed by atoms with Crippen molar-refractivity contribution in [2.45, 2.75) is 19.9 Å². The Morgan fingerprint density at radius 2 is 2.16 bits per heavy atom. The fraction of sp³-hybridized carbons (Fsp3) is 0.462. The van der Waals surface area contributed by atoms with Crippen LogP contribution in [-0.2, 0) is 11.3 Å². The third-order valence-electron chi connectivity index (χ3n) is 2.91. The largest absolute Gasteiger partial charge is 0.370 e. The summed E-state index contributed by atoms with van der Waals surface area (Å²) in [4.78, 5) is 30.5. The van der Waals surface area contributed by atoms with Gasteiger partial charge in [0, 0.05) is 13.6 Å². The van der Waals surface area contributed by atoms with Crippen molar-refractivity contribution in [1.29, 1.82) is 0 Å². The smallest absolute Gasteiger partial charge is 0.327 e. The van der Waals surface area contributed by atoms with E-state index in [2.05, 4.69) is 17.2 Å². The first-order chi connectivity index (χ1) is 9.11. The summed E-state index contributed by atoms with van der Waals surface area (Å²) in [6, 6.07) is 5.29. The molecule has 6 nitrogen and oxygen atoms in total. The van der Waals surface area contributed by atoms with Crippen molar-refractivity contribution in [2.24, 2.45) is 0 Å². The molecule has 102 valence electrons. The van der Waals surface area contributed by atoms with Crippen LogP contribution in [0.25, 0.3) is 0 Å². The predicted molar refractivity (Wildman–Crippen MR) is 71.6 cm³/mol. The highest BCUT2D eigenvalue weighted by Crippen LogP contribution is 2.13. The number of carbonyl (C=O) groups is 2. The molecule has 0 atom stereocenters. The minimum absolute atomic E-state index is 0.145. The number of urea groups is 1. The summed E-state index contributed by atoms with van der Waals surface area (Å²) in [5.74, 6) is 0.591. The van der Waals surface area contributed by atoms with Gasteiger partial charge in [-0.25, -0.2) is 9.78 Å². The lowest BCUT2D eigenvalue weighted by atomic mass is 10.3. The third-order valence-corrected chi connectivity index (χ3v) is 2.91. The minimum atomic E-state index is -0.265. The Labute approximate surface area is 112 Å². The summed E-state index contributed by atoms with van der Waals surface area (Å²) in [6.45, 7) is 3.30. The number of nitrogens with one attached hydrogen (secondary N) is 1. The van der Waals surface area contributed by atoms with Crippen LogP contribution in [0.4, 0.5) is 10.6 Å². The van der Waals surface area contributed by atoms with Gasteiger partial charge in [-0.3, -0.25) is 9.69 Å². The van der Waals surface area contributed by atoms with Gasteiger partial charge in [0.1, 0.15) is 12.4 Å². The molecule has 1 aliphatic rings. The summed E-state index contributed by atoms with van der Waals surface area (Å²) in [7, 11) is 1.62. The van der Waals surface area contributed by atoms with E-state index in [0.717, 1.165) is 18.8 Å². The van der Waals surface area contributed by atoms with E-state index in [1.807, 2.05) is 18.2 Å². The number of hydrogen-bond acceptors (Lipinski definition) is 4. The van der Waals surface area contributed by atoms with Crippen LogP contribution in [0.5, 0.6) is 0 Å².